The Bertz CT molecular complexity index is 750. The number of hydrogen-bond acceptors (Lipinski definition) is 6. The SMILES string of the molecule is Cc1ccc(CC2SC(=O)NC2C(=O)NCCC2CCC(CO[N+](=O)[O-])CC2)cc1. The normalized spacial score (nSPS) is 26.1. The molecule has 0 spiro atoms. The first-order chi connectivity index (χ1) is 14.4. The molecule has 0 bridgehead atoms. The highest BCUT2D eigenvalue weighted by Crippen LogP contribution is 2.31. The van der Waals surface area contributed by atoms with Crippen molar-refractivity contribution in [1.82, 2.24) is 10.6 Å². The van der Waals surface area contributed by atoms with E-state index in [0.717, 1.165) is 37.7 Å². The van der Waals surface area contributed by atoms with Crippen LogP contribution in [-0.2, 0) is 16.1 Å². The average molecular weight is 436 g/mol. The van der Waals surface area contributed by atoms with Crippen LogP contribution in [0.1, 0.15) is 43.2 Å². The van der Waals surface area contributed by atoms with Gasteiger partial charge in [-0.2, -0.15) is 0 Å². The molecule has 3 rings (SSSR count). The summed E-state index contributed by atoms with van der Waals surface area (Å²) < 4.78 is 0. The van der Waals surface area contributed by atoms with Crippen molar-refractivity contribution in [3.8, 4) is 0 Å². The molecule has 30 heavy (non-hydrogen) atoms. The molecule has 1 aliphatic heterocycles. The Kier molecular flexibility index (Phi) is 7.95. The summed E-state index contributed by atoms with van der Waals surface area (Å²) in [6.07, 6.45) is 5.37. The first-order valence-corrected chi connectivity index (χ1v) is 11.4. The van der Waals surface area contributed by atoms with Gasteiger partial charge in [0.1, 0.15) is 6.04 Å². The summed E-state index contributed by atoms with van der Waals surface area (Å²) in [5.74, 6) is 0.626. The number of carbonyl (C=O) groups excluding carboxylic acids is 2. The van der Waals surface area contributed by atoms with Crippen molar-refractivity contribution >= 4 is 22.9 Å². The molecule has 2 unspecified atom stereocenters. The fraction of sp³-hybridized carbons (Fsp3) is 0.619. The lowest BCUT2D eigenvalue weighted by Gasteiger charge is -2.28. The van der Waals surface area contributed by atoms with E-state index in [1.54, 1.807) is 0 Å². The third-order valence-corrected chi connectivity index (χ3v) is 7.05. The van der Waals surface area contributed by atoms with E-state index in [4.69, 9.17) is 0 Å². The number of rotatable bonds is 9. The molecule has 9 heteroatoms. The average Bonchev–Trinajstić information content (AvgIpc) is 3.09. The van der Waals surface area contributed by atoms with Gasteiger partial charge in [-0.25, -0.2) is 0 Å². The van der Waals surface area contributed by atoms with Gasteiger partial charge >= 0.3 is 0 Å². The maximum atomic E-state index is 12.7. The second kappa shape index (κ2) is 10.7. The second-order valence-corrected chi connectivity index (χ2v) is 9.45. The van der Waals surface area contributed by atoms with E-state index in [2.05, 4.69) is 15.5 Å². The zero-order chi connectivity index (χ0) is 21.5. The van der Waals surface area contributed by atoms with Gasteiger partial charge in [-0.05, 0) is 50.0 Å². The number of aryl methyl sites for hydroxylation is 1. The van der Waals surface area contributed by atoms with Crippen molar-refractivity contribution < 1.29 is 19.5 Å². The molecule has 1 aromatic carbocycles. The zero-order valence-corrected chi connectivity index (χ0v) is 18.0. The molecular formula is C21H29N3O5S. The van der Waals surface area contributed by atoms with Crippen LogP contribution in [0.5, 0.6) is 0 Å². The lowest BCUT2D eigenvalue weighted by Crippen LogP contribution is -2.47. The van der Waals surface area contributed by atoms with Gasteiger partial charge in [0.05, 0.1) is 6.61 Å². The maximum Gasteiger partial charge on any atom is 0.294 e. The summed E-state index contributed by atoms with van der Waals surface area (Å²) in [6.45, 7) is 2.79. The van der Waals surface area contributed by atoms with E-state index in [1.807, 2.05) is 31.2 Å². The predicted molar refractivity (Wildman–Crippen MR) is 115 cm³/mol. The van der Waals surface area contributed by atoms with E-state index in [9.17, 15) is 19.7 Å². The number of amides is 2. The fourth-order valence-corrected chi connectivity index (χ4v) is 5.25. The second-order valence-electron chi connectivity index (χ2n) is 8.24. The van der Waals surface area contributed by atoms with Crippen molar-refractivity contribution in [2.24, 2.45) is 11.8 Å². The highest BCUT2D eigenvalue weighted by molar-refractivity contribution is 8.14. The van der Waals surface area contributed by atoms with Crippen LogP contribution >= 0.6 is 11.8 Å². The Morgan fingerprint density at radius 2 is 1.90 bits per heavy atom. The van der Waals surface area contributed by atoms with Gasteiger partial charge in [0.15, 0.2) is 0 Å². The number of hydrogen-bond donors (Lipinski definition) is 2. The van der Waals surface area contributed by atoms with Gasteiger partial charge in [-0.1, -0.05) is 54.4 Å². The Hall–Kier alpha value is -2.29. The first-order valence-electron chi connectivity index (χ1n) is 10.5. The third kappa shape index (κ3) is 6.62. The van der Waals surface area contributed by atoms with Crippen LogP contribution in [0, 0.1) is 28.9 Å². The van der Waals surface area contributed by atoms with E-state index in [-0.39, 0.29) is 28.9 Å². The molecule has 8 nitrogen and oxygen atoms in total. The fourth-order valence-electron chi connectivity index (χ4n) is 4.17. The van der Waals surface area contributed by atoms with Gasteiger partial charge in [-0.15, -0.1) is 10.1 Å². The van der Waals surface area contributed by atoms with Gasteiger partial charge in [0, 0.05) is 11.8 Å². The summed E-state index contributed by atoms with van der Waals surface area (Å²) in [5.41, 5.74) is 2.30. The van der Waals surface area contributed by atoms with Gasteiger partial charge in [-0.3, -0.25) is 9.59 Å². The summed E-state index contributed by atoms with van der Waals surface area (Å²) in [4.78, 5) is 39.3. The standard InChI is InChI=1S/C21H29N3O5S/c1-14-2-4-16(5-3-14)12-18-19(23-21(26)30-18)20(25)22-11-10-15-6-8-17(9-7-15)13-29-24(27)28/h2-5,15,17-19H,6-13H2,1H3,(H,22,25)(H,23,26). The molecular weight excluding hydrogens is 406 g/mol. The number of thioether (sulfide) groups is 1. The van der Waals surface area contributed by atoms with Crippen molar-refractivity contribution in [1.29, 1.82) is 0 Å². The monoisotopic (exact) mass is 435 g/mol. The summed E-state index contributed by atoms with van der Waals surface area (Å²) >= 11 is 1.20. The Labute approximate surface area is 180 Å². The molecule has 2 fully saturated rings. The molecule has 2 atom stereocenters. The molecule has 0 radical (unpaired) electrons. The van der Waals surface area contributed by atoms with Crippen LogP contribution < -0.4 is 10.6 Å². The highest BCUT2D eigenvalue weighted by atomic mass is 32.2. The maximum absolute atomic E-state index is 12.7. The molecule has 2 amide bonds. The molecule has 1 heterocycles. The van der Waals surface area contributed by atoms with Crippen molar-refractivity contribution in [2.45, 2.75) is 56.7 Å². The summed E-state index contributed by atoms with van der Waals surface area (Å²) in [5, 5.41) is 15.1. The molecule has 1 saturated heterocycles. The summed E-state index contributed by atoms with van der Waals surface area (Å²) in [7, 11) is 0. The van der Waals surface area contributed by atoms with Gasteiger partial charge < -0.3 is 15.5 Å². The first kappa shape index (κ1) is 22.4. The molecule has 1 aromatic rings. The number of nitrogens with zero attached hydrogens (tertiary/aromatic N) is 1. The molecule has 164 valence electrons. The molecule has 2 N–H and O–H groups in total. The van der Waals surface area contributed by atoms with Crippen molar-refractivity contribution in [3.05, 3.63) is 45.5 Å². The largest absolute Gasteiger partial charge is 0.354 e. The topological polar surface area (TPSA) is 111 Å². The molecule has 1 aliphatic carbocycles. The smallest absolute Gasteiger partial charge is 0.294 e. The predicted octanol–water partition coefficient (Wildman–Crippen LogP) is 3.25. The highest BCUT2D eigenvalue weighted by Gasteiger charge is 2.38. The van der Waals surface area contributed by atoms with Crippen LogP contribution in [0.2, 0.25) is 0 Å². The lowest BCUT2D eigenvalue weighted by atomic mass is 9.81. The molecule has 2 aliphatic rings. The van der Waals surface area contributed by atoms with Crippen LogP contribution in [0.25, 0.3) is 0 Å². The van der Waals surface area contributed by atoms with Gasteiger partial charge in [0.25, 0.3) is 10.3 Å². The number of benzene rings is 1. The van der Waals surface area contributed by atoms with Crippen molar-refractivity contribution in [2.75, 3.05) is 13.2 Å². The van der Waals surface area contributed by atoms with Crippen LogP contribution in [0.3, 0.4) is 0 Å². The van der Waals surface area contributed by atoms with E-state index in [1.165, 1.54) is 17.3 Å². The Balaban J connectivity index is 1.40. The van der Waals surface area contributed by atoms with Gasteiger partial charge in [0.2, 0.25) is 5.91 Å². The third-order valence-electron chi connectivity index (χ3n) is 5.98. The number of nitrogens with one attached hydrogen (secondary N) is 2. The zero-order valence-electron chi connectivity index (χ0n) is 17.2. The van der Waals surface area contributed by atoms with Crippen LogP contribution in [-0.4, -0.2) is 40.7 Å². The Morgan fingerprint density at radius 3 is 2.57 bits per heavy atom. The van der Waals surface area contributed by atoms with E-state index in [0.29, 0.717) is 18.9 Å². The van der Waals surface area contributed by atoms with Crippen LogP contribution in [0.4, 0.5) is 4.79 Å². The minimum Gasteiger partial charge on any atom is -0.354 e. The van der Waals surface area contributed by atoms with Crippen molar-refractivity contribution in [3.63, 3.8) is 0 Å². The van der Waals surface area contributed by atoms with E-state index >= 15 is 0 Å². The molecule has 0 aromatic heterocycles. The van der Waals surface area contributed by atoms with E-state index < -0.39 is 11.1 Å². The number of carbonyl (C=O) groups is 2. The minimum absolute atomic E-state index is 0.114. The molecule has 1 saturated carbocycles. The lowest BCUT2D eigenvalue weighted by molar-refractivity contribution is -0.759. The van der Waals surface area contributed by atoms with Crippen LogP contribution in [0.15, 0.2) is 24.3 Å². The Morgan fingerprint density at radius 1 is 1.23 bits per heavy atom. The quantitative estimate of drug-likeness (QED) is 0.455. The summed E-state index contributed by atoms with van der Waals surface area (Å²) in [6, 6.07) is 7.65. The minimum atomic E-state index is -0.728.